The molecule has 0 aliphatic carbocycles. The van der Waals surface area contributed by atoms with Gasteiger partial charge in [0.2, 0.25) is 0 Å². The number of benzene rings is 2. The second-order valence-corrected chi connectivity index (χ2v) is 4.15. The number of aliphatic imine (C=N–C) groups is 1. The molecule has 3 nitrogen and oxygen atoms in total. The summed E-state index contributed by atoms with van der Waals surface area (Å²) in [5.74, 6) is -0.122. The molecular formula is C17H16N2O. The zero-order valence-corrected chi connectivity index (χ0v) is 11.1. The fourth-order valence-electron chi connectivity index (χ4n) is 1.60. The largest absolute Gasteiger partial charge is 0.382 e. The zero-order valence-electron chi connectivity index (χ0n) is 11.1. The number of allylic oxidation sites excluding steroid dienone is 1. The van der Waals surface area contributed by atoms with Crippen LogP contribution in [0.3, 0.4) is 0 Å². The molecule has 0 bridgehead atoms. The fraction of sp³-hybridized carbons (Fsp3) is 0.0588. The van der Waals surface area contributed by atoms with E-state index < -0.39 is 0 Å². The maximum atomic E-state index is 11.6. The maximum Gasteiger partial charge on any atom is 0.196 e. The number of nitrogens with zero attached hydrogens (tertiary/aromatic N) is 1. The Morgan fingerprint density at radius 3 is 2.35 bits per heavy atom. The van der Waals surface area contributed by atoms with E-state index in [0.29, 0.717) is 6.54 Å². The van der Waals surface area contributed by atoms with Crippen molar-refractivity contribution in [2.24, 2.45) is 4.99 Å². The van der Waals surface area contributed by atoms with Gasteiger partial charge in [-0.15, -0.1) is 0 Å². The first-order valence-corrected chi connectivity index (χ1v) is 6.43. The number of para-hydroxylation sites is 2. The van der Waals surface area contributed by atoms with Crippen LogP contribution in [0.4, 0.5) is 11.4 Å². The average Bonchev–Trinajstić information content (AvgIpc) is 2.52. The van der Waals surface area contributed by atoms with Gasteiger partial charge < -0.3 is 5.32 Å². The molecule has 0 heterocycles. The smallest absolute Gasteiger partial charge is 0.196 e. The first-order valence-electron chi connectivity index (χ1n) is 6.43. The second kappa shape index (κ2) is 7.69. The molecule has 20 heavy (non-hydrogen) atoms. The van der Waals surface area contributed by atoms with Gasteiger partial charge in [-0.1, -0.05) is 42.5 Å². The van der Waals surface area contributed by atoms with Crippen LogP contribution in [0, 0.1) is 0 Å². The van der Waals surface area contributed by atoms with E-state index >= 15 is 0 Å². The van der Waals surface area contributed by atoms with E-state index in [9.17, 15) is 4.79 Å². The van der Waals surface area contributed by atoms with Gasteiger partial charge in [0.25, 0.3) is 0 Å². The zero-order chi connectivity index (χ0) is 14.0. The van der Waals surface area contributed by atoms with E-state index in [1.54, 1.807) is 6.08 Å². The maximum absolute atomic E-state index is 11.6. The van der Waals surface area contributed by atoms with Crippen LogP contribution in [-0.4, -0.2) is 18.5 Å². The number of hydrogen-bond acceptors (Lipinski definition) is 3. The van der Waals surface area contributed by atoms with Gasteiger partial charge in [-0.2, -0.15) is 0 Å². The van der Waals surface area contributed by atoms with Gasteiger partial charge in [0.1, 0.15) is 0 Å². The van der Waals surface area contributed by atoms with Crippen LogP contribution in [0.2, 0.25) is 0 Å². The lowest BCUT2D eigenvalue weighted by Gasteiger charge is -2.00. The molecule has 0 fully saturated rings. The summed E-state index contributed by atoms with van der Waals surface area (Å²) in [6, 6.07) is 19.2. The molecular weight excluding hydrogens is 248 g/mol. The Labute approximate surface area is 118 Å². The molecule has 0 aliphatic heterocycles. The summed E-state index contributed by atoms with van der Waals surface area (Å²) < 4.78 is 0. The van der Waals surface area contributed by atoms with Crippen LogP contribution in [0.25, 0.3) is 0 Å². The van der Waals surface area contributed by atoms with Gasteiger partial charge in [-0.25, -0.2) is 0 Å². The molecule has 0 aliphatic rings. The van der Waals surface area contributed by atoms with E-state index in [0.717, 1.165) is 11.4 Å². The number of nitrogens with one attached hydrogen (secondary N) is 1. The van der Waals surface area contributed by atoms with Gasteiger partial charge in [-0.3, -0.25) is 9.79 Å². The molecule has 0 atom stereocenters. The minimum absolute atomic E-state index is 0.122. The highest BCUT2D eigenvalue weighted by Gasteiger charge is 1.91. The lowest BCUT2D eigenvalue weighted by Crippen LogP contribution is -1.99. The Morgan fingerprint density at radius 1 is 1.00 bits per heavy atom. The SMILES string of the molecule is O=C(C=CCNc1ccccc1)C=Nc1ccccc1. The average molecular weight is 264 g/mol. The van der Waals surface area contributed by atoms with Crippen molar-refractivity contribution in [3.05, 3.63) is 72.8 Å². The third-order valence-corrected chi connectivity index (χ3v) is 2.58. The summed E-state index contributed by atoms with van der Waals surface area (Å²) in [5, 5.41) is 3.19. The van der Waals surface area contributed by atoms with Crippen molar-refractivity contribution < 1.29 is 4.79 Å². The van der Waals surface area contributed by atoms with Gasteiger partial charge in [-0.05, 0) is 30.3 Å². The number of carbonyl (C=O) groups is 1. The Hall–Kier alpha value is -2.68. The van der Waals surface area contributed by atoms with Gasteiger partial charge in [0.15, 0.2) is 5.78 Å². The van der Waals surface area contributed by atoms with E-state index in [1.165, 1.54) is 12.3 Å². The highest BCUT2D eigenvalue weighted by atomic mass is 16.1. The highest BCUT2D eigenvalue weighted by molar-refractivity contribution is 6.33. The van der Waals surface area contributed by atoms with Crippen LogP contribution in [-0.2, 0) is 4.79 Å². The van der Waals surface area contributed by atoms with Crippen LogP contribution >= 0.6 is 0 Å². The van der Waals surface area contributed by atoms with Crippen molar-refractivity contribution in [3.8, 4) is 0 Å². The molecule has 2 aromatic carbocycles. The molecule has 100 valence electrons. The normalized spacial score (nSPS) is 11.0. The second-order valence-electron chi connectivity index (χ2n) is 4.15. The standard InChI is InChI=1S/C17H16N2O/c20-17(14-19-16-10-5-2-6-11-16)12-7-13-18-15-8-3-1-4-9-15/h1-12,14,18H,13H2. The van der Waals surface area contributed by atoms with E-state index in [4.69, 9.17) is 0 Å². The number of anilines is 1. The molecule has 2 aromatic rings. The van der Waals surface area contributed by atoms with Crippen molar-refractivity contribution in [3.63, 3.8) is 0 Å². The monoisotopic (exact) mass is 264 g/mol. The summed E-state index contributed by atoms with van der Waals surface area (Å²) in [6.45, 7) is 0.606. The summed E-state index contributed by atoms with van der Waals surface area (Å²) >= 11 is 0. The number of hydrogen-bond donors (Lipinski definition) is 1. The summed E-state index contributed by atoms with van der Waals surface area (Å²) in [5.41, 5.74) is 1.80. The van der Waals surface area contributed by atoms with Crippen molar-refractivity contribution >= 4 is 23.4 Å². The first kappa shape index (κ1) is 13.7. The molecule has 0 amide bonds. The lowest BCUT2D eigenvalue weighted by atomic mass is 10.3. The molecule has 0 spiro atoms. The third kappa shape index (κ3) is 4.90. The minimum Gasteiger partial charge on any atom is -0.382 e. The van der Waals surface area contributed by atoms with E-state index in [2.05, 4.69) is 10.3 Å². The van der Waals surface area contributed by atoms with Gasteiger partial charge >= 0.3 is 0 Å². The third-order valence-electron chi connectivity index (χ3n) is 2.58. The van der Waals surface area contributed by atoms with Gasteiger partial charge in [0.05, 0.1) is 11.9 Å². The van der Waals surface area contributed by atoms with E-state index in [-0.39, 0.29) is 5.78 Å². The molecule has 2 rings (SSSR count). The topological polar surface area (TPSA) is 41.5 Å². The Kier molecular flexibility index (Phi) is 5.28. The van der Waals surface area contributed by atoms with Crippen LogP contribution in [0.5, 0.6) is 0 Å². The molecule has 0 aromatic heterocycles. The lowest BCUT2D eigenvalue weighted by molar-refractivity contribution is -0.108. The van der Waals surface area contributed by atoms with Crippen LogP contribution in [0.15, 0.2) is 77.8 Å². The molecule has 0 unspecified atom stereocenters. The minimum atomic E-state index is -0.122. The first-order chi connectivity index (χ1) is 9.84. The molecule has 3 heteroatoms. The molecule has 0 saturated carbocycles. The number of rotatable bonds is 6. The Bertz CT molecular complexity index is 589. The summed E-state index contributed by atoms with van der Waals surface area (Å²) in [7, 11) is 0. The van der Waals surface area contributed by atoms with Gasteiger partial charge in [0, 0.05) is 12.2 Å². The predicted octanol–water partition coefficient (Wildman–Crippen LogP) is 3.63. The van der Waals surface area contributed by atoms with Crippen molar-refractivity contribution in [1.29, 1.82) is 0 Å². The van der Waals surface area contributed by atoms with Crippen molar-refractivity contribution in [2.75, 3.05) is 11.9 Å². The Balaban J connectivity index is 1.77. The highest BCUT2D eigenvalue weighted by Crippen LogP contribution is 2.08. The molecule has 0 radical (unpaired) electrons. The number of ketones is 1. The Morgan fingerprint density at radius 2 is 1.65 bits per heavy atom. The number of carbonyl (C=O) groups excluding carboxylic acids is 1. The quantitative estimate of drug-likeness (QED) is 0.639. The fourth-order valence-corrected chi connectivity index (χ4v) is 1.60. The molecule has 1 N–H and O–H groups in total. The van der Waals surface area contributed by atoms with Crippen LogP contribution in [0.1, 0.15) is 0 Å². The molecule has 0 saturated heterocycles. The van der Waals surface area contributed by atoms with Crippen molar-refractivity contribution in [2.45, 2.75) is 0 Å². The van der Waals surface area contributed by atoms with Crippen LogP contribution < -0.4 is 5.32 Å². The van der Waals surface area contributed by atoms with E-state index in [1.807, 2.05) is 60.7 Å². The predicted molar refractivity (Wildman–Crippen MR) is 83.7 cm³/mol. The summed E-state index contributed by atoms with van der Waals surface area (Å²) in [6.07, 6.45) is 4.63. The summed E-state index contributed by atoms with van der Waals surface area (Å²) in [4.78, 5) is 15.7. The van der Waals surface area contributed by atoms with Crippen molar-refractivity contribution in [1.82, 2.24) is 0 Å².